The molecule has 4 rings (SSSR count). The number of aromatic nitrogens is 2. The Balaban J connectivity index is 1.41. The summed E-state index contributed by atoms with van der Waals surface area (Å²) < 4.78 is 13.0. The maximum absolute atomic E-state index is 12.2. The number of fused-ring (bicyclic) bond motifs is 2. The minimum atomic E-state index is -0.0891. The highest BCUT2D eigenvalue weighted by atomic mass is 32.2. The summed E-state index contributed by atoms with van der Waals surface area (Å²) in [4.78, 5) is 16.8. The van der Waals surface area contributed by atoms with E-state index in [-0.39, 0.29) is 11.7 Å². The summed E-state index contributed by atoms with van der Waals surface area (Å²) in [6.45, 7) is 1.07. The molecule has 3 aromatic rings. The predicted molar refractivity (Wildman–Crippen MR) is 97.5 cm³/mol. The van der Waals surface area contributed by atoms with Crippen molar-refractivity contribution in [2.75, 3.05) is 24.3 Å². The normalized spacial score (nSPS) is 13.0. The van der Waals surface area contributed by atoms with Crippen molar-refractivity contribution < 1.29 is 14.3 Å². The van der Waals surface area contributed by atoms with Gasteiger partial charge < -0.3 is 19.4 Å². The van der Waals surface area contributed by atoms with Gasteiger partial charge in [0, 0.05) is 18.8 Å². The average molecular weight is 355 g/mol. The molecule has 2 aromatic carbocycles. The zero-order valence-corrected chi connectivity index (χ0v) is 14.5. The van der Waals surface area contributed by atoms with Crippen LogP contribution in [-0.4, -0.2) is 34.4 Å². The van der Waals surface area contributed by atoms with Crippen LogP contribution in [0.2, 0.25) is 0 Å². The first kappa shape index (κ1) is 15.8. The Hall–Kier alpha value is -2.67. The van der Waals surface area contributed by atoms with E-state index < -0.39 is 0 Å². The molecular formula is C18H17N3O3S. The molecule has 0 aliphatic carbocycles. The zero-order valence-electron chi connectivity index (χ0n) is 13.7. The lowest BCUT2D eigenvalue weighted by Crippen LogP contribution is -2.17. The number of hydrogen-bond donors (Lipinski definition) is 1. The molecule has 0 bridgehead atoms. The van der Waals surface area contributed by atoms with E-state index in [0.717, 1.165) is 16.2 Å². The number of imidazole rings is 1. The largest absolute Gasteiger partial charge is 0.486 e. The number of carbonyl (C=O) groups excluding carboxylic acids is 1. The van der Waals surface area contributed by atoms with Crippen LogP contribution in [0.25, 0.3) is 11.0 Å². The van der Waals surface area contributed by atoms with E-state index in [1.54, 1.807) is 6.07 Å². The lowest BCUT2D eigenvalue weighted by molar-refractivity contribution is -0.113. The maximum Gasteiger partial charge on any atom is 0.234 e. The van der Waals surface area contributed by atoms with Gasteiger partial charge in [0.15, 0.2) is 16.7 Å². The molecule has 1 aromatic heterocycles. The van der Waals surface area contributed by atoms with Crippen molar-refractivity contribution in [3.05, 3.63) is 42.5 Å². The lowest BCUT2D eigenvalue weighted by Gasteiger charge is -2.18. The monoisotopic (exact) mass is 355 g/mol. The third-order valence-electron chi connectivity index (χ3n) is 3.90. The van der Waals surface area contributed by atoms with E-state index >= 15 is 0 Å². The molecule has 1 N–H and O–H groups in total. The first-order chi connectivity index (χ1) is 12.2. The number of anilines is 1. The van der Waals surface area contributed by atoms with Crippen molar-refractivity contribution in [1.29, 1.82) is 0 Å². The average Bonchev–Trinajstić information content (AvgIpc) is 2.96. The number of amides is 1. The second-order valence-electron chi connectivity index (χ2n) is 5.64. The van der Waals surface area contributed by atoms with Gasteiger partial charge >= 0.3 is 0 Å². The molecule has 6 nitrogen and oxygen atoms in total. The molecule has 0 spiro atoms. The number of nitrogens with one attached hydrogen (secondary N) is 1. The molecule has 0 saturated carbocycles. The van der Waals surface area contributed by atoms with E-state index in [0.29, 0.717) is 30.4 Å². The second-order valence-corrected chi connectivity index (χ2v) is 6.58. The summed E-state index contributed by atoms with van der Waals surface area (Å²) in [5.74, 6) is 1.56. The number of ether oxygens (including phenoxy) is 2. The number of nitrogens with zero attached hydrogens (tertiary/aromatic N) is 2. The molecule has 0 atom stereocenters. The Labute approximate surface area is 149 Å². The summed E-state index contributed by atoms with van der Waals surface area (Å²) in [5, 5.41) is 3.70. The van der Waals surface area contributed by atoms with Crippen LogP contribution in [0.4, 0.5) is 5.69 Å². The Kier molecular flexibility index (Phi) is 4.23. The van der Waals surface area contributed by atoms with Gasteiger partial charge in [-0.25, -0.2) is 4.98 Å². The first-order valence-corrected chi connectivity index (χ1v) is 8.93. The van der Waals surface area contributed by atoms with Crippen LogP contribution in [-0.2, 0) is 11.8 Å². The van der Waals surface area contributed by atoms with Gasteiger partial charge in [0.25, 0.3) is 0 Å². The highest BCUT2D eigenvalue weighted by Crippen LogP contribution is 2.32. The quantitative estimate of drug-likeness (QED) is 0.729. The van der Waals surface area contributed by atoms with E-state index in [2.05, 4.69) is 10.3 Å². The number of rotatable bonds is 4. The van der Waals surface area contributed by atoms with Crippen molar-refractivity contribution in [3.63, 3.8) is 0 Å². The number of aryl methyl sites for hydroxylation is 1. The molecule has 128 valence electrons. The van der Waals surface area contributed by atoms with Gasteiger partial charge in [0.05, 0.1) is 16.8 Å². The SMILES string of the molecule is Cn1c(SCC(=O)Nc2ccc3c(c2)OCCO3)nc2ccccc21. The fraction of sp³-hybridized carbons (Fsp3) is 0.222. The fourth-order valence-corrected chi connectivity index (χ4v) is 3.49. The molecule has 1 aliphatic rings. The number of benzene rings is 2. The fourth-order valence-electron chi connectivity index (χ4n) is 2.70. The number of thioether (sulfide) groups is 1. The van der Waals surface area contributed by atoms with Crippen molar-refractivity contribution in [1.82, 2.24) is 9.55 Å². The summed E-state index contributed by atoms with van der Waals surface area (Å²) in [6, 6.07) is 13.3. The van der Waals surface area contributed by atoms with Crippen LogP contribution in [0.1, 0.15) is 0 Å². The molecule has 25 heavy (non-hydrogen) atoms. The molecule has 1 aliphatic heterocycles. The van der Waals surface area contributed by atoms with Crippen molar-refractivity contribution in [2.24, 2.45) is 7.05 Å². The minimum Gasteiger partial charge on any atom is -0.486 e. The van der Waals surface area contributed by atoms with E-state index in [1.165, 1.54) is 11.8 Å². The van der Waals surface area contributed by atoms with Crippen LogP contribution in [0.15, 0.2) is 47.6 Å². The van der Waals surface area contributed by atoms with Crippen LogP contribution in [0, 0.1) is 0 Å². The van der Waals surface area contributed by atoms with Crippen LogP contribution in [0.5, 0.6) is 11.5 Å². The highest BCUT2D eigenvalue weighted by Gasteiger charge is 2.14. The summed E-state index contributed by atoms with van der Waals surface area (Å²) in [7, 11) is 1.95. The number of hydrogen-bond acceptors (Lipinski definition) is 5. The van der Waals surface area contributed by atoms with Gasteiger partial charge in [-0.15, -0.1) is 0 Å². The zero-order chi connectivity index (χ0) is 17.2. The Morgan fingerprint density at radius 1 is 1.20 bits per heavy atom. The van der Waals surface area contributed by atoms with Gasteiger partial charge in [-0.3, -0.25) is 4.79 Å². The standard InChI is InChI=1S/C18H17N3O3S/c1-21-14-5-3-2-4-13(14)20-18(21)25-11-17(22)19-12-6-7-15-16(10-12)24-9-8-23-15/h2-7,10H,8-9,11H2,1H3,(H,19,22). The Morgan fingerprint density at radius 3 is 2.84 bits per heavy atom. The molecule has 0 fully saturated rings. The van der Waals surface area contributed by atoms with E-state index in [4.69, 9.17) is 9.47 Å². The molecular weight excluding hydrogens is 338 g/mol. The predicted octanol–water partition coefficient (Wildman–Crippen LogP) is 3.08. The van der Waals surface area contributed by atoms with Crippen LogP contribution < -0.4 is 14.8 Å². The smallest absolute Gasteiger partial charge is 0.234 e. The molecule has 0 saturated heterocycles. The first-order valence-electron chi connectivity index (χ1n) is 7.94. The van der Waals surface area contributed by atoms with Gasteiger partial charge in [0.1, 0.15) is 13.2 Å². The summed E-state index contributed by atoms with van der Waals surface area (Å²) in [6.07, 6.45) is 0. The minimum absolute atomic E-state index is 0.0891. The molecule has 2 heterocycles. The van der Waals surface area contributed by atoms with Crippen LogP contribution in [0.3, 0.4) is 0 Å². The van der Waals surface area contributed by atoms with Gasteiger partial charge in [-0.05, 0) is 24.3 Å². The lowest BCUT2D eigenvalue weighted by atomic mass is 10.2. The molecule has 0 radical (unpaired) electrons. The molecule has 7 heteroatoms. The van der Waals surface area contributed by atoms with Gasteiger partial charge in [-0.1, -0.05) is 23.9 Å². The highest BCUT2D eigenvalue weighted by molar-refractivity contribution is 7.99. The van der Waals surface area contributed by atoms with Gasteiger partial charge in [-0.2, -0.15) is 0 Å². The van der Waals surface area contributed by atoms with Crippen LogP contribution >= 0.6 is 11.8 Å². The molecule has 0 unspecified atom stereocenters. The Morgan fingerprint density at radius 2 is 2.00 bits per heavy atom. The van der Waals surface area contributed by atoms with Crippen molar-refractivity contribution >= 4 is 34.4 Å². The number of para-hydroxylation sites is 2. The van der Waals surface area contributed by atoms with Crippen molar-refractivity contribution in [3.8, 4) is 11.5 Å². The third-order valence-corrected chi connectivity index (χ3v) is 4.93. The van der Waals surface area contributed by atoms with E-state index in [1.807, 2.05) is 48.0 Å². The Bertz CT molecular complexity index is 938. The maximum atomic E-state index is 12.2. The topological polar surface area (TPSA) is 65.4 Å². The summed E-state index contributed by atoms with van der Waals surface area (Å²) >= 11 is 1.41. The molecule has 1 amide bonds. The van der Waals surface area contributed by atoms with E-state index in [9.17, 15) is 4.79 Å². The third kappa shape index (κ3) is 3.28. The summed E-state index contributed by atoms with van der Waals surface area (Å²) in [5.41, 5.74) is 2.68. The van der Waals surface area contributed by atoms with Crippen molar-refractivity contribution in [2.45, 2.75) is 5.16 Å². The van der Waals surface area contributed by atoms with Gasteiger partial charge in [0.2, 0.25) is 5.91 Å². The number of carbonyl (C=O) groups is 1. The second kappa shape index (κ2) is 6.68.